The molecule has 1 saturated heterocycles. The average Bonchev–Trinajstić information content (AvgIpc) is 3.40. The van der Waals surface area contributed by atoms with Crippen LogP contribution >= 0.6 is 11.6 Å². The topological polar surface area (TPSA) is 125 Å². The van der Waals surface area contributed by atoms with E-state index in [1.54, 1.807) is 17.3 Å². The van der Waals surface area contributed by atoms with Crippen LogP contribution in [0.5, 0.6) is 0 Å². The van der Waals surface area contributed by atoms with Crippen LogP contribution in [0, 0.1) is 0 Å². The van der Waals surface area contributed by atoms with Gasteiger partial charge in [-0.1, -0.05) is 11.6 Å². The third kappa shape index (κ3) is 4.69. The summed E-state index contributed by atoms with van der Waals surface area (Å²) < 4.78 is 1.16. The maximum atomic E-state index is 12.8. The highest BCUT2D eigenvalue weighted by atomic mass is 35.5. The van der Waals surface area contributed by atoms with Crippen LogP contribution < -0.4 is 16.2 Å². The molecular formula is C20H22ClN7O3. The van der Waals surface area contributed by atoms with Crippen LogP contribution in [0.1, 0.15) is 18.9 Å². The molecule has 0 unspecified atom stereocenters. The van der Waals surface area contributed by atoms with Crippen LogP contribution in [0.15, 0.2) is 35.5 Å². The summed E-state index contributed by atoms with van der Waals surface area (Å²) >= 11 is 6.12. The van der Waals surface area contributed by atoms with E-state index >= 15 is 0 Å². The molecule has 11 heteroatoms. The molecule has 4 heterocycles. The Kier molecular flexibility index (Phi) is 5.90. The smallest absolute Gasteiger partial charge is 0.294 e. The van der Waals surface area contributed by atoms with E-state index in [1.807, 2.05) is 12.1 Å². The molecule has 162 valence electrons. The van der Waals surface area contributed by atoms with Crippen molar-refractivity contribution in [2.75, 3.05) is 18.4 Å². The number of nitrogens with one attached hydrogen (secondary N) is 3. The van der Waals surface area contributed by atoms with Crippen LogP contribution in [0.2, 0.25) is 5.15 Å². The molecule has 0 spiro atoms. The van der Waals surface area contributed by atoms with Gasteiger partial charge in [0, 0.05) is 50.4 Å². The lowest BCUT2D eigenvalue weighted by Crippen LogP contribution is -2.36. The fourth-order valence-corrected chi connectivity index (χ4v) is 3.74. The number of carbonyl (C=O) groups excluding carboxylic acids is 2. The second-order valence-electron chi connectivity index (χ2n) is 7.45. The number of hydrogen-bond donors (Lipinski definition) is 3. The van der Waals surface area contributed by atoms with E-state index < -0.39 is 5.56 Å². The number of fused-ring (bicyclic) bond motifs is 1. The van der Waals surface area contributed by atoms with Crippen LogP contribution in [0.25, 0.3) is 11.0 Å². The number of pyridine rings is 1. The SMILES string of the molecule is CC(=O)N1CC[C@H](Nc2ncc(Cl)n(CC(=O)NCc3cnc4[nH]ccc4c3)c2=O)C1. The maximum absolute atomic E-state index is 12.8. The number of carbonyl (C=O) groups is 2. The first kappa shape index (κ1) is 20.9. The highest BCUT2D eigenvalue weighted by molar-refractivity contribution is 6.29. The zero-order valence-corrected chi connectivity index (χ0v) is 17.6. The number of aromatic amines is 1. The minimum absolute atomic E-state index is 0.00620. The van der Waals surface area contributed by atoms with Crippen molar-refractivity contribution in [3.8, 4) is 0 Å². The van der Waals surface area contributed by atoms with Crippen LogP contribution in [-0.2, 0) is 22.7 Å². The molecule has 3 N–H and O–H groups in total. The summed E-state index contributed by atoms with van der Waals surface area (Å²) in [5.41, 5.74) is 1.13. The standard InChI is InChI=1S/C20H22ClN7O3/c1-12(29)27-5-3-15(10-27)26-19-20(31)28(16(21)9-25-19)11-17(30)23-7-13-6-14-2-4-22-18(14)24-8-13/h2,4,6,8-9,15H,3,5,7,10-11H2,1H3,(H,22,24)(H,23,30)(H,25,26)/t15-/m0/s1. The van der Waals surface area contributed by atoms with Gasteiger partial charge in [0.05, 0.1) is 6.20 Å². The van der Waals surface area contributed by atoms with Crippen molar-refractivity contribution in [2.45, 2.75) is 32.5 Å². The van der Waals surface area contributed by atoms with Gasteiger partial charge in [0.2, 0.25) is 11.8 Å². The summed E-state index contributed by atoms with van der Waals surface area (Å²) in [7, 11) is 0. The molecule has 2 amide bonds. The molecule has 3 aromatic rings. The molecular weight excluding hydrogens is 422 g/mol. The number of halogens is 1. The Morgan fingerprint density at radius 2 is 2.16 bits per heavy atom. The molecule has 0 saturated carbocycles. The second-order valence-corrected chi connectivity index (χ2v) is 7.84. The summed E-state index contributed by atoms with van der Waals surface area (Å²) in [5, 5.41) is 6.86. The van der Waals surface area contributed by atoms with E-state index in [0.29, 0.717) is 19.5 Å². The third-order valence-electron chi connectivity index (χ3n) is 5.23. The Bertz CT molecular complexity index is 1190. The average molecular weight is 444 g/mol. The van der Waals surface area contributed by atoms with Crippen molar-refractivity contribution in [1.82, 2.24) is 29.7 Å². The zero-order chi connectivity index (χ0) is 22.0. The molecule has 0 radical (unpaired) electrons. The Balaban J connectivity index is 1.40. The summed E-state index contributed by atoms with van der Waals surface area (Å²) in [6, 6.07) is 3.75. The van der Waals surface area contributed by atoms with Gasteiger partial charge in [-0.3, -0.25) is 19.0 Å². The minimum Gasteiger partial charge on any atom is -0.361 e. The number of likely N-dealkylation sites (tertiary alicyclic amines) is 1. The van der Waals surface area contributed by atoms with E-state index in [-0.39, 0.29) is 41.9 Å². The fourth-order valence-electron chi connectivity index (χ4n) is 3.55. The first-order valence-electron chi connectivity index (χ1n) is 9.87. The summed E-state index contributed by atoms with van der Waals surface area (Å²) in [6.07, 6.45) is 5.52. The van der Waals surface area contributed by atoms with Crippen LogP contribution in [0.4, 0.5) is 5.82 Å². The number of amides is 2. The zero-order valence-electron chi connectivity index (χ0n) is 16.9. The number of aromatic nitrogens is 4. The van der Waals surface area contributed by atoms with E-state index in [2.05, 4.69) is 25.6 Å². The second kappa shape index (κ2) is 8.76. The Morgan fingerprint density at radius 3 is 2.94 bits per heavy atom. The van der Waals surface area contributed by atoms with Crippen molar-refractivity contribution in [3.63, 3.8) is 0 Å². The predicted octanol–water partition coefficient (Wildman–Crippen LogP) is 1.12. The minimum atomic E-state index is -0.487. The quantitative estimate of drug-likeness (QED) is 0.524. The maximum Gasteiger partial charge on any atom is 0.294 e. The lowest BCUT2D eigenvalue weighted by Gasteiger charge is -2.16. The van der Waals surface area contributed by atoms with Gasteiger partial charge >= 0.3 is 0 Å². The van der Waals surface area contributed by atoms with Gasteiger partial charge in [0.15, 0.2) is 5.82 Å². The van der Waals surface area contributed by atoms with Gasteiger partial charge in [0.25, 0.3) is 5.56 Å². The molecule has 3 aromatic heterocycles. The van der Waals surface area contributed by atoms with Gasteiger partial charge in [-0.15, -0.1) is 0 Å². The van der Waals surface area contributed by atoms with Crippen molar-refractivity contribution >= 4 is 40.3 Å². The van der Waals surface area contributed by atoms with Gasteiger partial charge in [-0.25, -0.2) is 9.97 Å². The number of hydrogen-bond acceptors (Lipinski definition) is 6. The first-order chi connectivity index (χ1) is 14.9. The summed E-state index contributed by atoms with van der Waals surface area (Å²) in [4.78, 5) is 49.8. The third-order valence-corrected chi connectivity index (χ3v) is 5.53. The van der Waals surface area contributed by atoms with Crippen molar-refractivity contribution < 1.29 is 9.59 Å². The molecule has 0 bridgehead atoms. The molecule has 10 nitrogen and oxygen atoms in total. The number of anilines is 1. The van der Waals surface area contributed by atoms with E-state index in [4.69, 9.17) is 11.6 Å². The Labute approximate surface area is 182 Å². The van der Waals surface area contributed by atoms with E-state index in [9.17, 15) is 14.4 Å². The van der Waals surface area contributed by atoms with Gasteiger partial charge in [-0.2, -0.15) is 0 Å². The molecule has 4 rings (SSSR count). The summed E-state index contributed by atoms with van der Waals surface area (Å²) in [5.74, 6) is -0.262. The lowest BCUT2D eigenvalue weighted by molar-refractivity contribution is -0.127. The van der Waals surface area contributed by atoms with Gasteiger partial charge < -0.3 is 20.5 Å². The molecule has 1 aliphatic heterocycles. The Hall–Kier alpha value is -3.40. The van der Waals surface area contributed by atoms with Crippen LogP contribution in [-0.4, -0.2) is 55.4 Å². The normalized spacial score (nSPS) is 15.9. The number of rotatable bonds is 6. The van der Waals surface area contributed by atoms with E-state index in [1.165, 1.54) is 13.1 Å². The largest absolute Gasteiger partial charge is 0.361 e. The van der Waals surface area contributed by atoms with E-state index in [0.717, 1.165) is 21.2 Å². The highest BCUT2D eigenvalue weighted by Gasteiger charge is 2.25. The molecule has 1 aliphatic rings. The Morgan fingerprint density at radius 1 is 1.32 bits per heavy atom. The predicted molar refractivity (Wildman–Crippen MR) is 116 cm³/mol. The monoisotopic (exact) mass is 443 g/mol. The van der Waals surface area contributed by atoms with Crippen molar-refractivity contribution in [3.05, 3.63) is 51.8 Å². The highest BCUT2D eigenvalue weighted by Crippen LogP contribution is 2.14. The van der Waals surface area contributed by atoms with Crippen molar-refractivity contribution in [1.29, 1.82) is 0 Å². The van der Waals surface area contributed by atoms with Crippen LogP contribution in [0.3, 0.4) is 0 Å². The molecule has 1 fully saturated rings. The fraction of sp³-hybridized carbons (Fsp3) is 0.350. The molecule has 1 atom stereocenters. The number of H-pyrrole nitrogens is 1. The number of nitrogens with zero attached hydrogens (tertiary/aromatic N) is 4. The lowest BCUT2D eigenvalue weighted by atomic mass is 10.2. The molecule has 0 aromatic carbocycles. The molecule has 31 heavy (non-hydrogen) atoms. The van der Waals surface area contributed by atoms with Crippen molar-refractivity contribution in [2.24, 2.45) is 0 Å². The van der Waals surface area contributed by atoms with Gasteiger partial charge in [-0.05, 0) is 24.1 Å². The first-order valence-corrected chi connectivity index (χ1v) is 10.2. The summed E-state index contributed by atoms with van der Waals surface area (Å²) in [6.45, 7) is 2.68. The molecule has 0 aliphatic carbocycles. The van der Waals surface area contributed by atoms with Gasteiger partial charge in [0.1, 0.15) is 17.3 Å².